The van der Waals surface area contributed by atoms with E-state index < -0.39 is 19.9 Å². The van der Waals surface area contributed by atoms with Gasteiger partial charge in [0.05, 0.1) is 13.8 Å². The van der Waals surface area contributed by atoms with Gasteiger partial charge in [0.1, 0.15) is 6.07 Å². The molecule has 0 aliphatic carbocycles. The summed E-state index contributed by atoms with van der Waals surface area (Å²) in [6.07, 6.45) is 0.211. The van der Waals surface area contributed by atoms with Gasteiger partial charge in [0.2, 0.25) is 5.76 Å². The molecule has 1 amide bonds. The lowest BCUT2D eigenvalue weighted by Crippen LogP contribution is -2.48. The van der Waals surface area contributed by atoms with Gasteiger partial charge in [0.15, 0.2) is 0 Å². The van der Waals surface area contributed by atoms with E-state index >= 15 is 0 Å². The second-order valence-electron chi connectivity index (χ2n) is 5.48. The molecule has 17 heavy (non-hydrogen) atoms. The molecule has 3 N–H and O–H groups in total. The van der Waals surface area contributed by atoms with Gasteiger partial charge < -0.3 is 15.6 Å². The zero-order valence-corrected chi connectivity index (χ0v) is 11.9. The molecule has 0 saturated heterocycles. The third-order valence-corrected chi connectivity index (χ3v) is 8.81. The molecule has 0 aromatic rings. The van der Waals surface area contributed by atoms with Crippen molar-refractivity contribution in [3.63, 3.8) is 0 Å². The van der Waals surface area contributed by atoms with Gasteiger partial charge >= 0.3 is 6.09 Å². The first-order valence-corrected chi connectivity index (χ1v) is 8.37. The number of nitrogens with zero attached hydrogens (tertiary/aromatic N) is 1. The van der Waals surface area contributed by atoms with Crippen LogP contribution in [0.15, 0.2) is 11.8 Å². The minimum Gasteiger partial charge on any atom is -0.399 e. The van der Waals surface area contributed by atoms with Crippen LogP contribution in [0, 0.1) is 11.3 Å². The lowest BCUT2D eigenvalue weighted by Gasteiger charge is -2.39. The number of aliphatic hydroxyl groups is 1. The molecule has 0 bridgehead atoms. The van der Waals surface area contributed by atoms with Crippen LogP contribution in [0.3, 0.4) is 0 Å². The summed E-state index contributed by atoms with van der Waals surface area (Å²) in [5.41, 5.74) is 4.04. The average Bonchev–Trinajstić information content (AvgIpc) is 2.13. The van der Waals surface area contributed by atoms with E-state index in [1.165, 1.54) is 6.08 Å². The van der Waals surface area contributed by atoms with E-state index in [0.717, 1.165) is 0 Å². The number of nitrogens with two attached hydrogens (primary N) is 1. The lowest BCUT2D eigenvalue weighted by atomic mass is 10.2. The molecule has 0 aromatic heterocycles. The topological polar surface area (TPSA) is 96.3 Å². The lowest BCUT2D eigenvalue weighted by molar-refractivity contribution is 0.188. The van der Waals surface area contributed by atoms with Gasteiger partial charge in [-0.2, -0.15) is 5.26 Å². The average molecular weight is 256 g/mol. The summed E-state index contributed by atoms with van der Waals surface area (Å²) in [6, 6.07) is 1.69. The highest BCUT2D eigenvalue weighted by atomic mass is 28.3. The minimum absolute atomic E-state index is 0.0454. The summed E-state index contributed by atoms with van der Waals surface area (Å²) in [6.45, 7) is 10.1. The van der Waals surface area contributed by atoms with Crippen LogP contribution in [-0.2, 0) is 4.74 Å². The largest absolute Gasteiger partial charge is 0.410 e. The summed E-state index contributed by atoms with van der Waals surface area (Å²) in [5.74, 6) is -0.255. The normalized spacial score (nSPS) is 15.0. The van der Waals surface area contributed by atoms with Crippen LogP contribution >= 0.6 is 0 Å². The number of carbonyl (C=O) groups is 1. The molecule has 0 spiro atoms. The smallest absolute Gasteiger partial charge is 0.399 e. The molecular weight excluding hydrogens is 236 g/mol. The van der Waals surface area contributed by atoms with E-state index in [2.05, 4.69) is 4.74 Å². The molecule has 0 aliphatic rings. The van der Waals surface area contributed by atoms with Crippen molar-refractivity contribution in [3.8, 4) is 6.07 Å². The fourth-order valence-electron chi connectivity index (χ4n) is 0.998. The van der Waals surface area contributed by atoms with E-state index in [0.29, 0.717) is 0 Å². The Morgan fingerprint density at radius 3 is 2.29 bits per heavy atom. The fourth-order valence-corrected chi connectivity index (χ4v) is 2.45. The highest BCUT2D eigenvalue weighted by Gasteiger charge is 2.41. The number of hydrogen-bond acceptors (Lipinski definition) is 4. The first kappa shape index (κ1) is 15.7. The number of hydrogen-bond donors (Lipinski definition) is 2. The third kappa shape index (κ3) is 4.21. The maximum Gasteiger partial charge on any atom is 0.410 e. The monoisotopic (exact) mass is 256 g/mol. The quantitative estimate of drug-likeness (QED) is 0.458. The maximum absolute atomic E-state index is 10.5. The number of rotatable bonds is 3. The second-order valence-corrected chi connectivity index (χ2v) is 11.0. The van der Waals surface area contributed by atoms with Crippen LogP contribution in [0.1, 0.15) is 20.8 Å². The van der Waals surface area contributed by atoms with Gasteiger partial charge in [0.25, 0.3) is 0 Å². The van der Waals surface area contributed by atoms with E-state index in [9.17, 15) is 9.90 Å². The van der Waals surface area contributed by atoms with Crippen molar-refractivity contribution in [2.24, 2.45) is 5.73 Å². The summed E-state index contributed by atoms with van der Waals surface area (Å²) >= 11 is 0. The highest BCUT2D eigenvalue weighted by molar-refractivity contribution is 6.81. The molecular formula is C11H20N2O3Si. The predicted molar refractivity (Wildman–Crippen MR) is 67.6 cm³/mol. The van der Waals surface area contributed by atoms with Crippen molar-refractivity contribution in [1.82, 2.24) is 0 Å². The van der Waals surface area contributed by atoms with Crippen LogP contribution < -0.4 is 5.73 Å². The SMILES string of the molecule is CC(C)(C)[Si](C)(C)[C@@H](O)C=C(C#N)OC(N)=O. The predicted octanol–water partition coefficient (Wildman–Crippen LogP) is 1.90. The molecule has 6 heteroatoms. The van der Waals surface area contributed by atoms with Crippen LogP contribution in [0.25, 0.3) is 0 Å². The van der Waals surface area contributed by atoms with Gasteiger partial charge in [-0.25, -0.2) is 4.79 Å². The van der Waals surface area contributed by atoms with E-state index in [1.807, 2.05) is 33.9 Å². The van der Waals surface area contributed by atoms with Gasteiger partial charge in [-0.1, -0.05) is 33.9 Å². The molecule has 0 heterocycles. The van der Waals surface area contributed by atoms with Crippen molar-refractivity contribution in [1.29, 1.82) is 5.26 Å². The van der Waals surface area contributed by atoms with Crippen LogP contribution in [0.2, 0.25) is 18.1 Å². The Kier molecular flexibility index (Phi) is 4.92. The molecule has 0 rings (SSSR count). The van der Waals surface area contributed by atoms with Crippen molar-refractivity contribution in [2.75, 3.05) is 0 Å². The van der Waals surface area contributed by atoms with Gasteiger partial charge in [-0.15, -0.1) is 0 Å². The van der Waals surface area contributed by atoms with Crippen LogP contribution in [-0.4, -0.2) is 25.0 Å². The van der Waals surface area contributed by atoms with Crippen molar-refractivity contribution in [3.05, 3.63) is 11.8 Å². The molecule has 5 nitrogen and oxygen atoms in total. The zero-order valence-electron chi connectivity index (χ0n) is 10.9. The number of aliphatic hydroxyl groups excluding tert-OH is 1. The fraction of sp³-hybridized carbons (Fsp3) is 0.636. The van der Waals surface area contributed by atoms with Gasteiger partial charge in [0, 0.05) is 0 Å². The first-order valence-electron chi connectivity index (χ1n) is 5.29. The summed E-state index contributed by atoms with van der Waals surface area (Å²) in [7, 11) is -2.04. The minimum atomic E-state index is -2.04. The molecule has 1 atom stereocenters. The van der Waals surface area contributed by atoms with Gasteiger partial charge in [-0.05, 0) is 11.1 Å². The Morgan fingerprint density at radius 2 is 2.00 bits per heavy atom. The number of allylic oxidation sites excluding steroid dienone is 1. The maximum atomic E-state index is 10.5. The molecule has 0 radical (unpaired) electrons. The van der Waals surface area contributed by atoms with E-state index in [4.69, 9.17) is 11.0 Å². The second kappa shape index (κ2) is 5.34. The van der Waals surface area contributed by atoms with Crippen LogP contribution in [0.4, 0.5) is 4.79 Å². The first-order chi connectivity index (χ1) is 7.52. The summed E-state index contributed by atoms with van der Waals surface area (Å²) in [5, 5.41) is 18.8. The Morgan fingerprint density at radius 1 is 1.53 bits per heavy atom. The Labute approximate surface area is 103 Å². The van der Waals surface area contributed by atoms with Crippen molar-refractivity contribution < 1.29 is 14.6 Å². The van der Waals surface area contributed by atoms with Crippen LogP contribution in [0.5, 0.6) is 0 Å². The zero-order chi connectivity index (χ0) is 13.9. The highest BCUT2D eigenvalue weighted by Crippen LogP contribution is 2.38. The number of nitriles is 1. The number of amides is 1. The van der Waals surface area contributed by atoms with Crippen molar-refractivity contribution in [2.45, 2.75) is 44.6 Å². The Balaban J connectivity index is 5.07. The van der Waals surface area contributed by atoms with Crippen molar-refractivity contribution >= 4 is 14.2 Å². The molecule has 96 valence electrons. The molecule has 0 aliphatic heterocycles. The Bertz CT molecular complexity index is 364. The molecule has 0 fully saturated rings. The van der Waals surface area contributed by atoms with E-state index in [1.54, 1.807) is 6.07 Å². The standard InChI is InChI=1S/C11H20N2O3Si/c1-11(2,3)17(4,5)9(14)6-8(7-12)16-10(13)15/h6,9,14H,1-5H3,(H2,13,15)/t9-/m1/s1. The number of primary amides is 1. The van der Waals surface area contributed by atoms with Gasteiger partial charge in [-0.3, -0.25) is 0 Å². The van der Waals surface area contributed by atoms with E-state index in [-0.39, 0.29) is 10.8 Å². The Hall–Kier alpha value is -1.32. The number of ether oxygens (including phenoxy) is 1. The number of carbonyl (C=O) groups excluding carboxylic acids is 1. The summed E-state index contributed by atoms with van der Waals surface area (Å²) < 4.78 is 4.48. The molecule has 0 aromatic carbocycles. The molecule has 0 saturated carbocycles. The third-order valence-electron chi connectivity index (χ3n) is 3.30. The summed E-state index contributed by atoms with van der Waals surface area (Å²) in [4.78, 5) is 10.5. The molecule has 0 unspecified atom stereocenters.